The van der Waals surface area contributed by atoms with Gasteiger partial charge in [-0.2, -0.15) is 0 Å². The average molecular weight is 274 g/mol. The first-order chi connectivity index (χ1) is 9.47. The number of carboxylic acid groups (broad SMARTS) is 1. The highest BCUT2D eigenvalue weighted by Gasteiger charge is 2.26. The fraction of sp³-hybridized carbons (Fsp3) is 0.471. The van der Waals surface area contributed by atoms with E-state index in [1.165, 1.54) is 0 Å². The third-order valence-electron chi connectivity index (χ3n) is 4.09. The normalized spacial score (nSPS) is 17.3. The van der Waals surface area contributed by atoms with Crippen molar-refractivity contribution >= 4 is 5.97 Å². The lowest BCUT2D eigenvalue weighted by atomic mass is 9.89. The molecule has 0 heterocycles. The Morgan fingerprint density at radius 3 is 2.70 bits per heavy atom. The minimum absolute atomic E-state index is 0.0844. The molecule has 0 saturated heterocycles. The minimum Gasteiger partial charge on any atom is -0.493 e. The Morgan fingerprint density at radius 1 is 1.50 bits per heavy atom. The lowest BCUT2D eigenvalue weighted by molar-refractivity contribution is 0.0696. The number of ether oxygens (including phenoxy) is 1. The summed E-state index contributed by atoms with van der Waals surface area (Å²) < 4.78 is 5.83. The molecule has 0 aliphatic heterocycles. The highest BCUT2D eigenvalue weighted by Crippen LogP contribution is 2.41. The van der Waals surface area contributed by atoms with Gasteiger partial charge in [-0.15, -0.1) is 6.58 Å². The first-order valence-corrected chi connectivity index (χ1v) is 7.12. The Labute approximate surface area is 120 Å². The molecule has 20 heavy (non-hydrogen) atoms. The Kier molecular flexibility index (Phi) is 4.17. The van der Waals surface area contributed by atoms with E-state index >= 15 is 0 Å². The molecule has 1 fully saturated rings. The number of hydrogen-bond acceptors (Lipinski definition) is 2. The summed E-state index contributed by atoms with van der Waals surface area (Å²) in [4.78, 5) is 11.2. The molecule has 0 amide bonds. The fourth-order valence-electron chi connectivity index (χ4n) is 2.03. The zero-order valence-corrected chi connectivity index (χ0v) is 12.2. The number of carboxylic acids is 1. The van der Waals surface area contributed by atoms with Crippen molar-refractivity contribution in [2.75, 3.05) is 6.61 Å². The van der Waals surface area contributed by atoms with Crippen LogP contribution in [0.3, 0.4) is 0 Å². The Balaban J connectivity index is 2.18. The number of benzene rings is 1. The van der Waals surface area contributed by atoms with Crippen LogP contribution >= 0.6 is 0 Å². The van der Waals surface area contributed by atoms with Gasteiger partial charge in [0.25, 0.3) is 0 Å². The van der Waals surface area contributed by atoms with Gasteiger partial charge >= 0.3 is 5.97 Å². The molecule has 108 valence electrons. The number of carbonyl (C=O) groups is 1. The van der Waals surface area contributed by atoms with Crippen molar-refractivity contribution in [1.82, 2.24) is 0 Å². The van der Waals surface area contributed by atoms with Crippen molar-refractivity contribution in [2.24, 2.45) is 5.41 Å². The Bertz CT molecular complexity index is 517. The van der Waals surface area contributed by atoms with E-state index in [1.807, 2.05) is 12.1 Å². The van der Waals surface area contributed by atoms with Crippen molar-refractivity contribution in [3.63, 3.8) is 0 Å². The van der Waals surface area contributed by atoms with Gasteiger partial charge in [0.05, 0.1) is 12.2 Å². The summed E-state index contributed by atoms with van der Waals surface area (Å²) in [6, 6.07) is 5.34. The molecule has 0 radical (unpaired) electrons. The third kappa shape index (κ3) is 3.41. The van der Waals surface area contributed by atoms with E-state index in [0.717, 1.165) is 24.8 Å². The molecule has 1 aliphatic rings. The molecule has 3 nitrogen and oxygen atoms in total. The summed E-state index contributed by atoms with van der Waals surface area (Å²) in [7, 11) is 0. The molecule has 0 unspecified atom stereocenters. The zero-order chi connectivity index (χ0) is 14.8. The number of aromatic carboxylic acids is 1. The van der Waals surface area contributed by atoms with Crippen LogP contribution in [0.4, 0.5) is 0 Å². The molecular formula is C17H22O3. The van der Waals surface area contributed by atoms with Crippen molar-refractivity contribution in [3.8, 4) is 5.75 Å². The summed E-state index contributed by atoms with van der Waals surface area (Å²) in [6.07, 6.45) is 5.12. The van der Waals surface area contributed by atoms with E-state index in [4.69, 9.17) is 4.74 Å². The molecule has 1 saturated carbocycles. The highest BCUT2D eigenvalue weighted by molar-refractivity contribution is 5.88. The molecule has 0 aromatic heterocycles. The van der Waals surface area contributed by atoms with Gasteiger partial charge in [0.15, 0.2) is 0 Å². The predicted octanol–water partition coefficient (Wildman–Crippen LogP) is 4.24. The molecule has 1 aromatic carbocycles. The van der Waals surface area contributed by atoms with Crippen molar-refractivity contribution < 1.29 is 14.6 Å². The van der Waals surface area contributed by atoms with Gasteiger partial charge in [0, 0.05) is 5.41 Å². The second-order valence-corrected chi connectivity index (χ2v) is 5.87. The molecule has 1 aromatic rings. The van der Waals surface area contributed by atoms with Crippen LogP contribution < -0.4 is 4.74 Å². The van der Waals surface area contributed by atoms with Crippen LogP contribution in [-0.4, -0.2) is 17.7 Å². The highest BCUT2D eigenvalue weighted by atomic mass is 16.5. The van der Waals surface area contributed by atoms with Crippen LogP contribution in [0, 0.1) is 5.41 Å². The van der Waals surface area contributed by atoms with E-state index in [9.17, 15) is 9.90 Å². The summed E-state index contributed by atoms with van der Waals surface area (Å²) >= 11 is 0. The van der Waals surface area contributed by atoms with Crippen LogP contribution in [0.1, 0.15) is 54.9 Å². The van der Waals surface area contributed by atoms with Gasteiger partial charge in [-0.3, -0.25) is 0 Å². The molecule has 1 aliphatic carbocycles. The van der Waals surface area contributed by atoms with Crippen LogP contribution in [-0.2, 0) is 0 Å². The lowest BCUT2D eigenvalue weighted by Crippen LogP contribution is -2.21. The second kappa shape index (κ2) is 5.70. The molecule has 2 rings (SSSR count). The summed E-state index contributed by atoms with van der Waals surface area (Å²) in [6.45, 7) is 8.54. The van der Waals surface area contributed by atoms with E-state index in [1.54, 1.807) is 12.1 Å². The van der Waals surface area contributed by atoms with Crippen molar-refractivity contribution in [2.45, 2.75) is 39.0 Å². The quantitative estimate of drug-likeness (QED) is 0.756. The maximum absolute atomic E-state index is 11.2. The van der Waals surface area contributed by atoms with Crippen molar-refractivity contribution in [3.05, 3.63) is 42.0 Å². The molecule has 1 atom stereocenters. The molecular weight excluding hydrogens is 252 g/mol. The first kappa shape index (κ1) is 14.6. The van der Waals surface area contributed by atoms with E-state index < -0.39 is 5.97 Å². The lowest BCUT2D eigenvalue weighted by Gasteiger charge is -2.24. The standard InChI is InChI=1S/C17H22O3/c1-4-17(3,5-2)11-20-15-9-13(12-6-7-12)8-14(10-15)16(18)19/h4,8-10,12H,1,5-7,11H2,2-3H3,(H,18,19)/t17-/m1/s1. The maximum Gasteiger partial charge on any atom is 0.335 e. The first-order valence-electron chi connectivity index (χ1n) is 7.12. The van der Waals surface area contributed by atoms with Crippen LogP contribution in [0.2, 0.25) is 0 Å². The Hall–Kier alpha value is -1.77. The van der Waals surface area contributed by atoms with Gasteiger partial charge < -0.3 is 9.84 Å². The van der Waals surface area contributed by atoms with Crippen LogP contribution in [0.25, 0.3) is 0 Å². The largest absolute Gasteiger partial charge is 0.493 e. The monoisotopic (exact) mass is 274 g/mol. The van der Waals surface area contributed by atoms with E-state index in [-0.39, 0.29) is 5.41 Å². The second-order valence-electron chi connectivity index (χ2n) is 5.87. The van der Waals surface area contributed by atoms with Gasteiger partial charge in [0.2, 0.25) is 0 Å². The SMILES string of the molecule is C=C[C@](C)(CC)COc1cc(C(=O)O)cc(C2CC2)c1. The number of rotatable bonds is 7. The van der Waals surface area contributed by atoms with E-state index in [2.05, 4.69) is 20.4 Å². The van der Waals surface area contributed by atoms with Crippen LogP contribution in [0.5, 0.6) is 5.75 Å². The van der Waals surface area contributed by atoms with Crippen molar-refractivity contribution in [1.29, 1.82) is 0 Å². The van der Waals surface area contributed by atoms with E-state index in [0.29, 0.717) is 23.8 Å². The smallest absolute Gasteiger partial charge is 0.335 e. The summed E-state index contributed by atoms with van der Waals surface area (Å²) in [5, 5.41) is 9.18. The molecule has 0 spiro atoms. The third-order valence-corrected chi connectivity index (χ3v) is 4.09. The maximum atomic E-state index is 11.2. The van der Waals surface area contributed by atoms with Gasteiger partial charge in [-0.05, 0) is 48.9 Å². The topological polar surface area (TPSA) is 46.5 Å². The van der Waals surface area contributed by atoms with Gasteiger partial charge in [0.1, 0.15) is 5.75 Å². The molecule has 3 heteroatoms. The summed E-state index contributed by atoms with van der Waals surface area (Å²) in [5.41, 5.74) is 1.30. The predicted molar refractivity (Wildman–Crippen MR) is 79.5 cm³/mol. The average Bonchev–Trinajstić information content (AvgIpc) is 3.29. The summed E-state index contributed by atoms with van der Waals surface area (Å²) in [5.74, 6) is 0.251. The fourth-order valence-corrected chi connectivity index (χ4v) is 2.03. The van der Waals surface area contributed by atoms with Crippen LogP contribution in [0.15, 0.2) is 30.9 Å². The van der Waals surface area contributed by atoms with Gasteiger partial charge in [-0.25, -0.2) is 4.79 Å². The van der Waals surface area contributed by atoms with Gasteiger partial charge in [-0.1, -0.05) is 19.9 Å². The number of hydrogen-bond donors (Lipinski definition) is 1. The Morgan fingerprint density at radius 2 is 2.20 bits per heavy atom. The zero-order valence-electron chi connectivity index (χ0n) is 12.2. The molecule has 0 bridgehead atoms. The molecule has 1 N–H and O–H groups in total. The minimum atomic E-state index is -0.903.